The summed E-state index contributed by atoms with van der Waals surface area (Å²) in [5.74, 6) is 0.0310. The molecule has 148 valence electrons. The molecule has 1 spiro atoms. The van der Waals surface area contributed by atoms with E-state index in [1.54, 1.807) is 18.6 Å². The van der Waals surface area contributed by atoms with Gasteiger partial charge in [0.05, 0.1) is 5.69 Å². The van der Waals surface area contributed by atoms with Gasteiger partial charge in [0.1, 0.15) is 5.82 Å². The van der Waals surface area contributed by atoms with Crippen molar-refractivity contribution in [3.8, 4) is 0 Å². The van der Waals surface area contributed by atoms with Gasteiger partial charge in [0, 0.05) is 56.6 Å². The van der Waals surface area contributed by atoms with Crippen LogP contribution in [0.1, 0.15) is 36.9 Å². The molecule has 0 bridgehead atoms. The summed E-state index contributed by atoms with van der Waals surface area (Å²) in [6, 6.07) is 6.80. The van der Waals surface area contributed by atoms with Crippen LogP contribution >= 0.6 is 0 Å². The normalized spacial score (nSPS) is 22.7. The number of aromatic nitrogens is 2. The molecule has 0 aliphatic carbocycles. The summed E-state index contributed by atoms with van der Waals surface area (Å²) in [5, 5.41) is 0. The van der Waals surface area contributed by atoms with Gasteiger partial charge in [-0.05, 0) is 49.9 Å². The Morgan fingerprint density at radius 2 is 1.96 bits per heavy atom. The Labute approximate surface area is 165 Å². The highest BCUT2D eigenvalue weighted by Gasteiger charge is 2.42. The standard InChI is InChI=1S/C22H27FN4O/c23-19-4-2-18(3-5-19)15-26-12-1-8-22(16-26)9-13-27(17-22)21(28)7-6-20-14-24-10-11-25-20/h2-5,10-11,14H,1,6-9,12-13,15-17H2/t22-/m0/s1. The summed E-state index contributed by atoms with van der Waals surface area (Å²) in [6.45, 7) is 4.64. The number of hydrogen-bond donors (Lipinski definition) is 0. The molecule has 2 fully saturated rings. The first-order valence-corrected chi connectivity index (χ1v) is 10.1. The molecule has 0 radical (unpaired) electrons. The number of aryl methyl sites for hydroxylation is 1. The molecule has 0 unspecified atom stereocenters. The lowest BCUT2D eigenvalue weighted by molar-refractivity contribution is -0.130. The second-order valence-corrected chi connectivity index (χ2v) is 8.20. The van der Waals surface area contributed by atoms with Crippen molar-refractivity contribution in [1.82, 2.24) is 19.8 Å². The first-order chi connectivity index (χ1) is 13.6. The number of carbonyl (C=O) groups is 1. The molecule has 3 heterocycles. The molecule has 5 nitrogen and oxygen atoms in total. The zero-order valence-electron chi connectivity index (χ0n) is 16.2. The zero-order valence-corrected chi connectivity index (χ0v) is 16.2. The zero-order chi connectivity index (χ0) is 19.4. The Kier molecular flexibility index (Phi) is 5.67. The SMILES string of the molecule is O=C(CCc1cnccn1)N1CC[C@]2(CCCN(Cc3ccc(F)cc3)C2)C1. The molecule has 2 aliphatic heterocycles. The molecule has 2 aliphatic rings. The maximum atomic E-state index is 13.1. The Hall–Kier alpha value is -2.34. The summed E-state index contributed by atoms with van der Waals surface area (Å²) in [4.78, 5) is 25.5. The molecule has 2 saturated heterocycles. The van der Waals surface area contributed by atoms with Crippen LogP contribution in [0, 0.1) is 11.2 Å². The van der Waals surface area contributed by atoms with Crippen molar-refractivity contribution < 1.29 is 9.18 Å². The van der Waals surface area contributed by atoms with E-state index in [-0.39, 0.29) is 17.1 Å². The molecule has 1 amide bonds. The van der Waals surface area contributed by atoms with Crippen molar-refractivity contribution in [3.05, 3.63) is 59.9 Å². The lowest BCUT2D eigenvalue weighted by atomic mass is 9.79. The number of benzene rings is 1. The first kappa shape index (κ1) is 19.0. The van der Waals surface area contributed by atoms with Crippen LogP contribution in [0.4, 0.5) is 4.39 Å². The first-order valence-electron chi connectivity index (χ1n) is 10.1. The fourth-order valence-corrected chi connectivity index (χ4v) is 4.63. The molecule has 4 rings (SSSR count). The van der Waals surface area contributed by atoms with Crippen molar-refractivity contribution in [2.45, 2.75) is 38.6 Å². The second-order valence-electron chi connectivity index (χ2n) is 8.20. The van der Waals surface area contributed by atoms with Gasteiger partial charge in [0.15, 0.2) is 0 Å². The summed E-state index contributed by atoms with van der Waals surface area (Å²) in [5.41, 5.74) is 2.22. The Morgan fingerprint density at radius 1 is 1.11 bits per heavy atom. The van der Waals surface area contributed by atoms with Gasteiger partial charge in [-0.25, -0.2) is 4.39 Å². The van der Waals surface area contributed by atoms with Crippen LogP contribution in [0.15, 0.2) is 42.9 Å². The van der Waals surface area contributed by atoms with Crippen LogP contribution in [-0.4, -0.2) is 51.9 Å². The van der Waals surface area contributed by atoms with Crippen LogP contribution in [0.3, 0.4) is 0 Å². The van der Waals surface area contributed by atoms with Crippen molar-refractivity contribution in [2.75, 3.05) is 26.2 Å². The summed E-state index contributed by atoms with van der Waals surface area (Å²) >= 11 is 0. The fourth-order valence-electron chi connectivity index (χ4n) is 4.63. The third kappa shape index (κ3) is 4.55. The number of piperidine rings is 1. The van der Waals surface area contributed by atoms with Gasteiger partial charge >= 0.3 is 0 Å². The van der Waals surface area contributed by atoms with Crippen LogP contribution < -0.4 is 0 Å². The third-order valence-corrected chi connectivity index (χ3v) is 6.06. The average molecular weight is 382 g/mol. The molecule has 1 aromatic heterocycles. The summed E-state index contributed by atoms with van der Waals surface area (Å²) < 4.78 is 13.1. The van der Waals surface area contributed by atoms with Crippen molar-refractivity contribution in [1.29, 1.82) is 0 Å². The number of amides is 1. The minimum absolute atomic E-state index is 0.190. The van der Waals surface area contributed by atoms with Crippen LogP contribution in [0.2, 0.25) is 0 Å². The Morgan fingerprint density at radius 3 is 2.75 bits per heavy atom. The van der Waals surface area contributed by atoms with Crippen molar-refractivity contribution in [2.24, 2.45) is 5.41 Å². The Bertz CT molecular complexity index is 798. The van der Waals surface area contributed by atoms with Gasteiger partial charge in [-0.15, -0.1) is 0 Å². The smallest absolute Gasteiger partial charge is 0.222 e. The molecule has 0 N–H and O–H groups in total. The van der Waals surface area contributed by atoms with E-state index >= 15 is 0 Å². The predicted octanol–water partition coefficient (Wildman–Crippen LogP) is 3.06. The third-order valence-electron chi connectivity index (χ3n) is 6.06. The highest BCUT2D eigenvalue weighted by Crippen LogP contribution is 2.39. The molecule has 0 saturated carbocycles. The topological polar surface area (TPSA) is 49.3 Å². The van der Waals surface area contributed by atoms with Crippen LogP contribution in [-0.2, 0) is 17.8 Å². The van der Waals surface area contributed by atoms with Gasteiger partial charge in [0.25, 0.3) is 0 Å². The highest BCUT2D eigenvalue weighted by molar-refractivity contribution is 5.76. The quantitative estimate of drug-likeness (QED) is 0.798. The lowest BCUT2D eigenvalue weighted by Crippen LogP contribution is -2.45. The lowest BCUT2D eigenvalue weighted by Gasteiger charge is -2.40. The highest BCUT2D eigenvalue weighted by atomic mass is 19.1. The number of likely N-dealkylation sites (tertiary alicyclic amines) is 2. The minimum atomic E-state index is -0.190. The fraction of sp³-hybridized carbons (Fsp3) is 0.500. The van der Waals surface area contributed by atoms with E-state index in [0.717, 1.165) is 56.8 Å². The van der Waals surface area contributed by atoms with Crippen molar-refractivity contribution in [3.63, 3.8) is 0 Å². The molecule has 2 aromatic rings. The van der Waals surface area contributed by atoms with Crippen LogP contribution in [0.5, 0.6) is 0 Å². The molecular weight excluding hydrogens is 355 g/mol. The van der Waals surface area contributed by atoms with E-state index in [9.17, 15) is 9.18 Å². The molecule has 28 heavy (non-hydrogen) atoms. The predicted molar refractivity (Wildman–Crippen MR) is 105 cm³/mol. The van der Waals surface area contributed by atoms with E-state index in [1.807, 2.05) is 17.0 Å². The number of carbonyl (C=O) groups excluding carboxylic acids is 1. The number of nitrogens with zero attached hydrogens (tertiary/aromatic N) is 4. The maximum absolute atomic E-state index is 13.1. The van der Waals surface area contributed by atoms with Gasteiger partial charge in [0.2, 0.25) is 5.91 Å². The van der Waals surface area contributed by atoms with Gasteiger partial charge in [-0.1, -0.05) is 12.1 Å². The number of rotatable bonds is 5. The molecular formula is C22H27FN4O. The largest absolute Gasteiger partial charge is 0.342 e. The molecule has 6 heteroatoms. The summed E-state index contributed by atoms with van der Waals surface area (Å²) in [7, 11) is 0. The average Bonchev–Trinajstić information content (AvgIpc) is 3.12. The van der Waals surface area contributed by atoms with E-state index < -0.39 is 0 Å². The Balaban J connectivity index is 1.31. The van der Waals surface area contributed by atoms with Gasteiger partial charge in [-0.2, -0.15) is 0 Å². The van der Waals surface area contributed by atoms with E-state index in [4.69, 9.17) is 0 Å². The maximum Gasteiger partial charge on any atom is 0.222 e. The summed E-state index contributed by atoms with van der Waals surface area (Å²) in [6.07, 6.45) is 9.60. The van der Waals surface area contributed by atoms with E-state index in [1.165, 1.54) is 18.6 Å². The van der Waals surface area contributed by atoms with Crippen molar-refractivity contribution >= 4 is 5.91 Å². The van der Waals surface area contributed by atoms with Gasteiger partial charge < -0.3 is 4.90 Å². The van der Waals surface area contributed by atoms with E-state index in [2.05, 4.69) is 14.9 Å². The minimum Gasteiger partial charge on any atom is -0.342 e. The molecule has 1 aromatic carbocycles. The number of halogens is 1. The van der Waals surface area contributed by atoms with E-state index in [0.29, 0.717) is 12.8 Å². The monoisotopic (exact) mass is 382 g/mol. The number of hydrogen-bond acceptors (Lipinski definition) is 4. The second kappa shape index (κ2) is 8.35. The van der Waals surface area contributed by atoms with Crippen LogP contribution in [0.25, 0.3) is 0 Å². The molecule has 1 atom stereocenters. The van der Waals surface area contributed by atoms with Gasteiger partial charge in [-0.3, -0.25) is 19.7 Å².